The van der Waals surface area contributed by atoms with Gasteiger partial charge in [0.1, 0.15) is 22.4 Å². The average molecular weight is 359 g/mol. The summed E-state index contributed by atoms with van der Waals surface area (Å²) in [5, 5.41) is 7.61. The first-order valence-electron chi connectivity index (χ1n) is 7.30. The number of rotatable bonds is 6. The van der Waals surface area contributed by atoms with Crippen LogP contribution in [0.5, 0.6) is 0 Å². The third kappa shape index (κ3) is 4.01. The quantitative estimate of drug-likeness (QED) is 0.799. The molecule has 0 radical (unpaired) electrons. The Labute approximate surface area is 134 Å². The predicted molar refractivity (Wildman–Crippen MR) is 91.7 cm³/mol. The van der Waals surface area contributed by atoms with E-state index in [1.165, 1.54) is 25.7 Å². The van der Waals surface area contributed by atoms with Crippen molar-refractivity contribution in [1.82, 2.24) is 9.97 Å². The number of nitrogens with one attached hydrogen (secondary N) is 2. The van der Waals surface area contributed by atoms with Crippen LogP contribution in [0.1, 0.15) is 39.0 Å². The molecule has 2 rings (SSSR count). The van der Waals surface area contributed by atoms with Gasteiger partial charge in [0.15, 0.2) is 0 Å². The van der Waals surface area contributed by atoms with E-state index in [1.807, 2.05) is 11.8 Å². The maximum atomic E-state index is 4.39. The molecule has 112 valence electrons. The summed E-state index contributed by atoms with van der Waals surface area (Å²) in [7, 11) is 0. The van der Waals surface area contributed by atoms with Gasteiger partial charge in [-0.3, -0.25) is 0 Å². The van der Waals surface area contributed by atoms with E-state index < -0.39 is 0 Å². The summed E-state index contributed by atoms with van der Waals surface area (Å²) in [6.07, 6.45) is 10.1. The van der Waals surface area contributed by atoms with Crippen molar-refractivity contribution >= 4 is 39.3 Å². The Morgan fingerprint density at radius 1 is 1.30 bits per heavy atom. The molecular weight excluding hydrogens is 336 g/mol. The molecule has 20 heavy (non-hydrogen) atoms. The second kappa shape index (κ2) is 8.08. The molecule has 0 spiro atoms. The molecular formula is C14H23BrN4S. The van der Waals surface area contributed by atoms with Gasteiger partial charge in [0, 0.05) is 17.8 Å². The van der Waals surface area contributed by atoms with E-state index in [-0.39, 0.29) is 0 Å². The smallest absolute Gasteiger partial charge is 0.146 e. The zero-order valence-corrected chi connectivity index (χ0v) is 14.6. The van der Waals surface area contributed by atoms with Gasteiger partial charge in [-0.2, -0.15) is 11.8 Å². The van der Waals surface area contributed by atoms with Crippen molar-refractivity contribution in [3.05, 3.63) is 10.8 Å². The maximum absolute atomic E-state index is 4.39. The first kappa shape index (κ1) is 15.9. The standard InChI is InChI=1S/C14H23BrN4S/c1-3-8-16-13-12(15)14(18-9-17-13)19-10-6-4-5-7-11(10)20-2/h9-11H,3-8H2,1-2H3,(H2,16,17,18,19). The minimum absolute atomic E-state index is 0.504. The zero-order chi connectivity index (χ0) is 14.4. The van der Waals surface area contributed by atoms with Gasteiger partial charge < -0.3 is 10.6 Å². The molecule has 2 N–H and O–H groups in total. The first-order chi connectivity index (χ1) is 9.76. The molecule has 1 aromatic rings. The highest BCUT2D eigenvalue weighted by molar-refractivity contribution is 9.10. The van der Waals surface area contributed by atoms with Crippen LogP contribution in [0.2, 0.25) is 0 Å². The van der Waals surface area contributed by atoms with Crippen LogP contribution in [-0.2, 0) is 0 Å². The number of aromatic nitrogens is 2. The maximum Gasteiger partial charge on any atom is 0.146 e. The van der Waals surface area contributed by atoms with Crippen LogP contribution in [-0.4, -0.2) is 34.1 Å². The molecule has 1 aliphatic carbocycles. The Morgan fingerprint density at radius 2 is 2.05 bits per heavy atom. The van der Waals surface area contributed by atoms with E-state index in [2.05, 4.69) is 49.7 Å². The van der Waals surface area contributed by atoms with Crippen molar-refractivity contribution in [2.24, 2.45) is 0 Å². The molecule has 1 aliphatic rings. The summed E-state index contributed by atoms with van der Waals surface area (Å²) in [6.45, 7) is 3.07. The van der Waals surface area contributed by atoms with Gasteiger partial charge in [0.05, 0.1) is 0 Å². The van der Waals surface area contributed by atoms with E-state index in [0.717, 1.165) is 29.1 Å². The van der Waals surface area contributed by atoms with Gasteiger partial charge >= 0.3 is 0 Å². The van der Waals surface area contributed by atoms with E-state index in [0.29, 0.717) is 11.3 Å². The van der Waals surface area contributed by atoms with Gasteiger partial charge in [0.2, 0.25) is 0 Å². The van der Waals surface area contributed by atoms with Crippen LogP contribution in [0.15, 0.2) is 10.8 Å². The van der Waals surface area contributed by atoms with Crippen molar-refractivity contribution in [3.63, 3.8) is 0 Å². The fourth-order valence-corrected chi connectivity index (χ4v) is 3.95. The molecule has 2 unspecified atom stereocenters. The van der Waals surface area contributed by atoms with Crippen molar-refractivity contribution in [3.8, 4) is 0 Å². The summed E-state index contributed by atoms with van der Waals surface area (Å²) in [5.41, 5.74) is 0. The van der Waals surface area contributed by atoms with Crippen LogP contribution >= 0.6 is 27.7 Å². The first-order valence-corrected chi connectivity index (χ1v) is 9.38. The van der Waals surface area contributed by atoms with Gasteiger partial charge in [-0.05, 0) is 41.4 Å². The highest BCUT2D eigenvalue weighted by Gasteiger charge is 2.25. The summed E-state index contributed by atoms with van der Waals surface area (Å²) < 4.78 is 0.943. The molecule has 0 amide bonds. The molecule has 1 fully saturated rings. The Kier molecular flexibility index (Phi) is 6.42. The van der Waals surface area contributed by atoms with Crippen LogP contribution < -0.4 is 10.6 Å². The molecule has 1 saturated carbocycles. The zero-order valence-electron chi connectivity index (χ0n) is 12.2. The van der Waals surface area contributed by atoms with E-state index >= 15 is 0 Å². The van der Waals surface area contributed by atoms with E-state index in [1.54, 1.807) is 6.33 Å². The predicted octanol–water partition coefficient (Wildman–Crippen LogP) is 4.15. The second-order valence-corrected chi connectivity index (χ2v) is 6.99. The monoisotopic (exact) mass is 358 g/mol. The minimum atomic E-state index is 0.504. The normalized spacial score (nSPS) is 22.6. The lowest BCUT2D eigenvalue weighted by atomic mass is 9.95. The topological polar surface area (TPSA) is 49.8 Å². The molecule has 0 aromatic carbocycles. The van der Waals surface area contributed by atoms with Gasteiger partial charge in [-0.25, -0.2) is 9.97 Å². The fourth-order valence-electron chi connectivity index (χ4n) is 2.56. The molecule has 1 heterocycles. The van der Waals surface area contributed by atoms with Crippen molar-refractivity contribution in [2.75, 3.05) is 23.4 Å². The molecule has 0 aliphatic heterocycles. The highest BCUT2D eigenvalue weighted by Crippen LogP contribution is 2.32. The molecule has 1 aromatic heterocycles. The Balaban J connectivity index is 2.08. The van der Waals surface area contributed by atoms with Crippen LogP contribution in [0, 0.1) is 0 Å². The SMILES string of the molecule is CCCNc1ncnc(NC2CCCCC2SC)c1Br. The lowest BCUT2D eigenvalue weighted by molar-refractivity contribution is 0.474. The number of halogens is 1. The Hall–Kier alpha value is -0.490. The Bertz CT molecular complexity index is 430. The number of anilines is 2. The molecule has 0 saturated heterocycles. The summed E-state index contributed by atoms with van der Waals surface area (Å²) in [6, 6.07) is 0.504. The highest BCUT2D eigenvalue weighted by atomic mass is 79.9. The summed E-state index contributed by atoms with van der Waals surface area (Å²) in [5.74, 6) is 1.78. The van der Waals surface area contributed by atoms with Crippen molar-refractivity contribution in [1.29, 1.82) is 0 Å². The molecule has 0 bridgehead atoms. The van der Waals surface area contributed by atoms with Gasteiger partial charge in [-0.15, -0.1) is 0 Å². The van der Waals surface area contributed by atoms with Gasteiger partial charge in [-0.1, -0.05) is 19.8 Å². The lowest BCUT2D eigenvalue weighted by Gasteiger charge is -2.31. The number of hydrogen-bond acceptors (Lipinski definition) is 5. The largest absolute Gasteiger partial charge is 0.369 e. The molecule has 4 nitrogen and oxygen atoms in total. The van der Waals surface area contributed by atoms with Crippen LogP contribution in [0.4, 0.5) is 11.6 Å². The minimum Gasteiger partial charge on any atom is -0.369 e. The third-order valence-corrected chi connectivity index (χ3v) is 5.58. The van der Waals surface area contributed by atoms with Crippen LogP contribution in [0.3, 0.4) is 0 Å². The van der Waals surface area contributed by atoms with E-state index in [4.69, 9.17) is 0 Å². The summed E-state index contributed by atoms with van der Waals surface area (Å²) in [4.78, 5) is 8.69. The lowest BCUT2D eigenvalue weighted by Crippen LogP contribution is -2.34. The van der Waals surface area contributed by atoms with Crippen molar-refractivity contribution < 1.29 is 0 Å². The van der Waals surface area contributed by atoms with Crippen molar-refractivity contribution in [2.45, 2.75) is 50.3 Å². The Morgan fingerprint density at radius 3 is 2.80 bits per heavy atom. The number of hydrogen-bond donors (Lipinski definition) is 2. The van der Waals surface area contributed by atoms with Gasteiger partial charge in [0.25, 0.3) is 0 Å². The number of nitrogens with zero attached hydrogens (tertiary/aromatic N) is 2. The summed E-state index contributed by atoms with van der Waals surface area (Å²) >= 11 is 5.58. The third-order valence-electron chi connectivity index (χ3n) is 3.66. The van der Waals surface area contributed by atoms with Crippen LogP contribution in [0.25, 0.3) is 0 Å². The second-order valence-electron chi connectivity index (χ2n) is 5.12. The van der Waals surface area contributed by atoms with E-state index in [9.17, 15) is 0 Å². The number of thioether (sulfide) groups is 1. The average Bonchev–Trinajstić information content (AvgIpc) is 2.48. The molecule has 2 atom stereocenters. The fraction of sp³-hybridized carbons (Fsp3) is 0.714. The molecule has 6 heteroatoms.